The molecule has 0 aliphatic carbocycles. The van der Waals surface area contributed by atoms with Crippen LogP contribution in [0.25, 0.3) is 0 Å². The molecule has 0 aromatic carbocycles. The number of carbonyl (C=O) groups is 2. The van der Waals surface area contributed by atoms with Crippen LogP contribution in [0.5, 0.6) is 0 Å². The van der Waals surface area contributed by atoms with Gasteiger partial charge in [0, 0.05) is 42.4 Å². The van der Waals surface area contributed by atoms with Crippen molar-refractivity contribution in [2.24, 2.45) is 11.8 Å². The van der Waals surface area contributed by atoms with Crippen LogP contribution in [0, 0.1) is 11.8 Å². The van der Waals surface area contributed by atoms with E-state index in [-0.39, 0.29) is 41.5 Å². The normalized spacial score (nSPS) is 10.2. The Morgan fingerprint density at radius 3 is 1.37 bits per heavy atom. The molecule has 0 saturated heterocycles. The van der Waals surface area contributed by atoms with Crippen LogP contribution < -0.4 is 0 Å². The van der Waals surface area contributed by atoms with E-state index in [0.717, 1.165) is 0 Å². The molecule has 0 fully saturated rings. The molecular formula is C14H26NaO4. The number of esters is 2. The summed E-state index contributed by atoms with van der Waals surface area (Å²) in [4.78, 5) is 22.5. The van der Waals surface area contributed by atoms with Gasteiger partial charge in [0.2, 0.25) is 0 Å². The van der Waals surface area contributed by atoms with E-state index < -0.39 is 0 Å². The fraction of sp³-hybridized carbons (Fsp3) is 0.857. The standard InChI is InChI=1S/C14H26O4.Na/c1-11(2)9-17-13(15)7-5-6-8-14(16)18-10-12(3)4;/h11-12H,5-10H2,1-4H3;. The molecule has 0 rings (SSSR count). The average Bonchev–Trinajstić information content (AvgIpc) is 2.29. The largest absolute Gasteiger partial charge is 0.465 e. The SMILES string of the molecule is CC(C)COC(=O)CCCCC(=O)OCC(C)C.[Na]. The van der Waals surface area contributed by atoms with Gasteiger partial charge in [0.25, 0.3) is 0 Å². The van der Waals surface area contributed by atoms with Gasteiger partial charge in [-0.15, -0.1) is 0 Å². The Labute approximate surface area is 138 Å². The van der Waals surface area contributed by atoms with Gasteiger partial charge in [-0.05, 0) is 24.7 Å². The number of ether oxygens (including phenoxy) is 2. The molecule has 0 unspecified atom stereocenters. The van der Waals surface area contributed by atoms with Crippen molar-refractivity contribution < 1.29 is 19.1 Å². The third-order valence-corrected chi connectivity index (χ3v) is 2.17. The van der Waals surface area contributed by atoms with Crippen LogP contribution in [0.4, 0.5) is 0 Å². The Morgan fingerprint density at radius 1 is 0.789 bits per heavy atom. The number of rotatable bonds is 9. The zero-order valence-electron chi connectivity index (χ0n) is 13.0. The second kappa shape index (κ2) is 12.9. The van der Waals surface area contributed by atoms with Crippen LogP contribution in [0.1, 0.15) is 53.4 Å². The van der Waals surface area contributed by atoms with Crippen molar-refractivity contribution >= 4 is 41.5 Å². The van der Waals surface area contributed by atoms with Gasteiger partial charge in [0.15, 0.2) is 0 Å². The molecule has 107 valence electrons. The first-order chi connectivity index (χ1) is 8.41. The monoisotopic (exact) mass is 281 g/mol. The summed E-state index contributed by atoms with van der Waals surface area (Å²) in [7, 11) is 0. The van der Waals surface area contributed by atoms with Gasteiger partial charge in [-0.1, -0.05) is 27.7 Å². The second-order valence-electron chi connectivity index (χ2n) is 5.36. The first-order valence-electron chi connectivity index (χ1n) is 6.73. The van der Waals surface area contributed by atoms with E-state index in [1.807, 2.05) is 27.7 Å². The summed E-state index contributed by atoms with van der Waals surface area (Å²) in [5, 5.41) is 0. The van der Waals surface area contributed by atoms with E-state index in [2.05, 4.69) is 0 Å². The van der Waals surface area contributed by atoms with Crippen LogP contribution >= 0.6 is 0 Å². The predicted molar refractivity (Wildman–Crippen MR) is 75.8 cm³/mol. The summed E-state index contributed by atoms with van der Waals surface area (Å²) in [5.74, 6) is 0.360. The zero-order valence-corrected chi connectivity index (χ0v) is 15.0. The van der Waals surface area contributed by atoms with Gasteiger partial charge in [0.05, 0.1) is 13.2 Å². The molecule has 0 heterocycles. The van der Waals surface area contributed by atoms with E-state index in [4.69, 9.17) is 9.47 Å². The maximum absolute atomic E-state index is 11.3. The van der Waals surface area contributed by atoms with Gasteiger partial charge in [-0.3, -0.25) is 9.59 Å². The minimum Gasteiger partial charge on any atom is -0.465 e. The molecule has 0 bridgehead atoms. The maximum Gasteiger partial charge on any atom is 0.305 e. The Bertz CT molecular complexity index is 226. The number of carbonyl (C=O) groups excluding carboxylic acids is 2. The quantitative estimate of drug-likeness (QED) is 0.370. The van der Waals surface area contributed by atoms with Gasteiger partial charge in [-0.25, -0.2) is 0 Å². The molecule has 0 atom stereocenters. The predicted octanol–water partition coefficient (Wildman–Crippen LogP) is 2.56. The zero-order chi connectivity index (χ0) is 14.0. The van der Waals surface area contributed by atoms with Crippen LogP contribution in [0.3, 0.4) is 0 Å². The first kappa shape index (κ1) is 21.2. The van der Waals surface area contributed by atoms with Crippen LogP contribution in [0.2, 0.25) is 0 Å². The molecule has 4 nitrogen and oxygen atoms in total. The van der Waals surface area contributed by atoms with Gasteiger partial charge < -0.3 is 9.47 Å². The number of hydrogen-bond donors (Lipinski definition) is 0. The fourth-order valence-electron chi connectivity index (χ4n) is 1.20. The van der Waals surface area contributed by atoms with Crippen molar-refractivity contribution in [2.45, 2.75) is 53.4 Å². The molecule has 0 N–H and O–H groups in total. The summed E-state index contributed by atoms with van der Waals surface area (Å²) in [6.07, 6.45) is 2.11. The van der Waals surface area contributed by atoms with Crippen molar-refractivity contribution in [3.8, 4) is 0 Å². The molecule has 5 heteroatoms. The molecule has 0 spiro atoms. The molecule has 19 heavy (non-hydrogen) atoms. The summed E-state index contributed by atoms with van der Waals surface area (Å²) >= 11 is 0. The smallest absolute Gasteiger partial charge is 0.305 e. The van der Waals surface area contributed by atoms with Crippen molar-refractivity contribution in [3.05, 3.63) is 0 Å². The Kier molecular flexibility index (Phi) is 14.5. The van der Waals surface area contributed by atoms with Gasteiger partial charge in [0.1, 0.15) is 0 Å². The van der Waals surface area contributed by atoms with E-state index in [9.17, 15) is 9.59 Å². The van der Waals surface area contributed by atoms with Crippen molar-refractivity contribution in [3.63, 3.8) is 0 Å². The molecule has 0 amide bonds. The van der Waals surface area contributed by atoms with Crippen LogP contribution in [-0.2, 0) is 19.1 Å². The third kappa shape index (κ3) is 15.9. The van der Waals surface area contributed by atoms with E-state index >= 15 is 0 Å². The average molecular weight is 281 g/mol. The summed E-state index contributed by atoms with van der Waals surface area (Å²) < 4.78 is 10.1. The van der Waals surface area contributed by atoms with Crippen LogP contribution in [0.15, 0.2) is 0 Å². The summed E-state index contributed by atoms with van der Waals surface area (Å²) in [6, 6.07) is 0. The molecule has 0 aromatic rings. The third-order valence-electron chi connectivity index (χ3n) is 2.17. The Hall–Kier alpha value is -0.0600. The topological polar surface area (TPSA) is 52.6 Å². The van der Waals surface area contributed by atoms with E-state index in [1.165, 1.54) is 0 Å². The fourth-order valence-corrected chi connectivity index (χ4v) is 1.20. The molecule has 0 aliphatic heterocycles. The maximum atomic E-state index is 11.3. The van der Waals surface area contributed by atoms with E-state index in [1.54, 1.807) is 0 Å². The first-order valence-corrected chi connectivity index (χ1v) is 6.73. The Balaban J connectivity index is 0. The number of hydrogen-bond acceptors (Lipinski definition) is 4. The summed E-state index contributed by atoms with van der Waals surface area (Å²) in [5.41, 5.74) is 0. The van der Waals surface area contributed by atoms with Gasteiger partial charge in [-0.2, -0.15) is 0 Å². The molecule has 0 saturated carbocycles. The molecule has 0 aliphatic rings. The number of unbranched alkanes of at least 4 members (excludes halogenated alkanes) is 1. The minimum atomic E-state index is -0.181. The van der Waals surface area contributed by atoms with Crippen LogP contribution in [-0.4, -0.2) is 54.7 Å². The van der Waals surface area contributed by atoms with Crippen molar-refractivity contribution in [2.75, 3.05) is 13.2 Å². The second-order valence-corrected chi connectivity index (χ2v) is 5.36. The van der Waals surface area contributed by atoms with Gasteiger partial charge >= 0.3 is 11.9 Å². The van der Waals surface area contributed by atoms with Crippen molar-refractivity contribution in [1.82, 2.24) is 0 Å². The molecule has 1 radical (unpaired) electrons. The minimum absolute atomic E-state index is 0. The Morgan fingerprint density at radius 2 is 1.11 bits per heavy atom. The van der Waals surface area contributed by atoms with Crippen molar-refractivity contribution in [1.29, 1.82) is 0 Å². The molecular weight excluding hydrogens is 255 g/mol. The van der Waals surface area contributed by atoms with E-state index in [0.29, 0.717) is 50.7 Å². The molecule has 0 aromatic heterocycles. The summed E-state index contributed by atoms with van der Waals surface area (Å²) in [6.45, 7) is 8.93.